The summed E-state index contributed by atoms with van der Waals surface area (Å²) in [7, 11) is 0. The van der Waals surface area contributed by atoms with Crippen LogP contribution in [0.4, 0.5) is 5.82 Å². The van der Waals surface area contributed by atoms with Crippen molar-refractivity contribution in [3.05, 3.63) is 96.3 Å². The number of aromatic nitrogens is 2. The highest BCUT2D eigenvalue weighted by atomic mass is 15.2. The predicted molar refractivity (Wildman–Crippen MR) is 98.9 cm³/mol. The first-order valence-corrected chi connectivity index (χ1v) is 8.14. The van der Waals surface area contributed by atoms with E-state index in [1.165, 1.54) is 16.5 Å². The molecule has 2 aromatic carbocycles. The number of hydrogen-bond acceptors (Lipinski definition) is 2. The fourth-order valence-corrected chi connectivity index (χ4v) is 2.94. The Kier molecular flexibility index (Phi) is 3.98. The Morgan fingerprint density at radius 1 is 0.792 bits per heavy atom. The van der Waals surface area contributed by atoms with Gasteiger partial charge in [-0.15, -0.1) is 0 Å². The number of benzene rings is 2. The van der Waals surface area contributed by atoms with Crippen molar-refractivity contribution in [1.29, 1.82) is 0 Å². The van der Waals surface area contributed by atoms with Crippen molar-refractivity contribution in [3.63, 3.8) is 0 Å². The molecule has 0 atom stereocenters. The second-order valence-electron chi connectivity index (χ2n) is 5.93. The molecule has 0 saturated carbocycles. The molecule has 0 aliphatic carbocycles. The molecule has 1 N–H and O–H groups in total. The van der Waals surface area contributed by atoms with Crippen molar-refractivity contribution < 1.29 is 0 Å². The topological polar surface area (TPSA) is 31.9 Å². The number of fused-ring (bicyclic) bond motifs is 1. The molecule has 4 rings (SSSR count). The third kappa shape index (κ3) is 3.15. The van der Waals surface area contributed by atoms with Crippen LogP contribution in [0.2, 0.25) is 0 Å². The van der Waals surface area contributed by atoms with E-state index in [2.05, 4.69) is 87.7 Å². The van der Waals surface area contributed by atoms with E-state index in [-0.39, 0.29) is 0 Å². The summed E-state index contributed by atoms with van der Waals surface area (Å²) in [6.45, 7) is 1.66. The van der Waals surface area contributed by atoms with E-state index in [0.717, 1.165) is 24.4 Å². The number of hydrogen-bond donors (Lipinski definition) is 1. The number of aromatic amines is 1. The van der Waals surface area contributed by atoms with Crippen molar-refractivity contribution in [2.24, 2.45) is 0 Å². The summed E-state index contributed by atoms with van der Waals surface area (Å²) < 4.78 is 0. The lowest BCUT2D eigenvalue weighted by Gasteiger charge is -2.24. The second-order valence-corrected chi connectivity index (χ2v) is 5.93. The molecule has 0 saturated heterocycles. The van der Waals surface area contributed by atoms with Gasteiger partial charge in [-0.3, -0.25) is 0 Å². The van der Waals surface area contributed by atoms with Crippen LogP contribution in [0.15, 0.2) is 85.2 Å². The third-order valence-electron chi connectivity index (χ3n) is 4.18. The normalized spacial score (nSPS) is 10.8. The lowest BCUT2D eigenvalue weighted by atomic mass is 10.1. The van der Waals surface area contributed by atoms with Gasteiger partial charge < -0.3 is 9.88 Å². The van der Waals surface area contributed by atoms with Crippen LogP contribution in [-0.4, -0.2) is 9.97 Å². The van der Waals surface area contributed by atoms with Gasteiger partial charge in [0.25, 0.3) is 0 Å². The molecule has 2 aromatic heterocycles. The van der Waals surface area contributed by atoms with Crippen molar-refractivity contribution >= 4 is 16.7 Å². The van der Waals surface area contributed by atoms with E-state index in [1.54, 1.807) is 0 Å². The Balaban J connectivity index is 1.68. The van der Waals surface area contributed by atoms with Crippen LogP contribution < -0.4 is 4.90 Å². The van der Waals surface area contributed by atoms with Crippen LogP contribution in [0.25, 0.3) is 10.9 Å². The zero-order valence-corrected chi connectivity index (χ0v) is 13.4. The number of nitrogens with one attached hydrogen (secondary N) is 1. The summed E-state index contributed by atoms with van der Waals surface area (Å²) in [6.07, 6.45) is 3.86. The zero-order valence-electron chi connectivity index (χ0n) is 13.4. The number of H-pyrrole nitrogens is 1. The Morgan fingerprint density at radius 2 is 1.42 bits per heavy atom. The molecule has 4 aromatic rings. The Bertz CT molecular complexity index is 872. The quantitative estimate of drug-likeness (QED) is 0.575. The summed E-state index contributed by atoms with van der Waals surface area (Å²) in [5.74, 6) is 0.995. The van der Waals surface area contributed by atoms with Gasteiger partial charge in [-0.25, -0.2) is 4.98 Å². The maximum atomic E-state index is 4.67. The van der Waals surface area contributed by atoms with Crippen LogP contribution in [0.5, 0.6) is 0 Å². The van der Waals surface area contributed by atoms with Gasteiger partial charge in [-0.1, -0.05) is 60.7 Å². The molecular formula is C21H19N3. The van der Waals surface area contributed by atoms with Gasteiger partial charge in [-0.05, 0) is 23.3 Å². The standard InChI is InChI=1S/C21H19N3/c1-3-7-17(8-4-1)15-24(16-18-9-5-2-6-10-18)21-13-19-11-12-22-20(19)14-23-21/h1-14,22H,15-16H2. The maximum Gasteiger partial charge on any atom is 0.129 e. The zero-order chi connectivity index (χ0) is 16.2. The first kappa shape index (κ1) is 14.5. The molecule has 0 spiro atoms. The van der Waals surface area contributed by atoms with Crippen molar-refractivity contribution in [2.45, 2.75) is 13.1 Å². The van der Waals surface area contributed by atoms with Gasteiger partial charge in [-0.2, -0.15) is 0 Å². The smallest absolute Gasteiger partial charge is 0.129 e. The van der Waals surface area contributed by atoms with Crippen LogP contribution in [0, 0.1) is 0 Å². The molecule has 0 aliphatic rings. The van der Waals surface area contributed by atoms with E-state index in [4.69, 9.17) is 0 Å². The van der Waals surface area contributed by atoms with Gasteiger partial charge in [0.15, 0.2) is 0 Å². The summed E-state index contributed by atoms with van der Waals surface area (Å²) in [4.78, 5) is 10.2. The van der Waals surface area contributed by atoms with Gasteiger partial charge >= 0.3 is 0 Å². The number of nitrogens with zero attached hydrogens (tertiary/aromatic N) is 2. The number of pyridine rings is 1. The molecule has 0 amide bonds. The third-order valence-corrected chi connectivity index (χ3v) is 4.18. The lowest BCUT2D eigenvalue weighted by molar-refractivity contribution is 0.785. The van der Waals surface area contributed by atoms with Crippen LogP contribution >= 0.6 is 0 Å². The minimum atomic E-state index is 0.832. The number of rotatable bonds is 5. The number of anilines is 1. The van der Waals surface area contributed by atoms with Gasteiger partial charge in [0, 0.05) is 24.7 Å². The van der Waals surface area contributed by atoms with Gasteiger partial charge in [0.05, 0.1) is 11.7 Å². The van der Waals surface area contributed by atoms with E-state index >= 15 is 0 Å². The summed E-state index contributed by atoms with van der Waals surface area (Å²) in [6, 6.07) is 25.3. The highest BCUT2D eigenvalue weighted by Gasteiger charge is 2.11. The Labute approximate surface area is 141 Å². The van der Waals surface area contributed by atoms with Gasteiger partial charge in [0.1, 0.15) is 5.82 Å². The fraction of sp³-hybridized carbons (Fsp3) is 0.0952. The van der Waals surface area contributed by atoms with Crippen molar-refractivity contribution in [1.82, 2.24) is 9.97 Å². The average Bonchev–Trinajstić information content (AvgIpc) is 3.11. The molecule has 118 valence electrons. The van der Waals surface area contributed by atoms with E-state index < -0.39 is 0 Å². The van der Waals surface area contributed by atoms with Crippen molar-refractivity contribution in [3.8, 4) is 0 Å². The molecule has 24 heavy (non-hydrogen) atoms. The largest absolute Gasteiger partial charge is 0.360 e. The molecule has 0 bridgehead atoms. The molecule has 0 unspecified atom stereocenters. The minimum absolute atomic E-state index is 0.832. The molecule has 0 aliphatic heterocycles. The Hall–Kier alpha value is -3.07. The predicted octanol–water partition coefficient (Wildman–Crippen LogP) is 4.77. The second kappa shape index (κ2) is 6.59. The van der Waals surface area contributed by atoms with E-state index in [0.29, 0.717) is 0 Å². The van der Waals surface area contributed by atoms with E-state index in [1.807, 2.05) is 12.4 Å². The average molecular weight is 313 g/mol. The first-order chi connectivity index (χ1) is 11.9. The maximum absolute atomic E-state index is 4.67. The lowest BCUT2D eigenvalue weighted by Crippen LogP contribution is -2.23. The van der Waals surface area contributed by atoms with E-state index in [9.17, 15) is 0 Å². The molecule has 0 radical (unpaired) electrons. The minimum Gasteiger partial charge on any atom is -0.360 e. The highest BCUT2D eigenvalue weighted by molar-refractivity contribution is 5.81. The Morgan fingerprint density at radius 3 is 2.04 bits per heavy atom. The molecule has 3 heteroatoms. The SMILES string of the molecule is c1ccc(CN(Cc2ccccc2)c2cc3cc[nH]c3cn2)cc1. The molecule has 3 nitrogen and oxygen atoms in total. The molecule has 2 heterocycles. The monoisotopic (exact) mass is 313 g/mol. The molecular weight excluding hydrogens is 294 g/mol. The first-order valence-electron chi connectivity index (χ1n) is 8.14. The van der Waals surface area contributed by atoms with Crippen molar-refractivity contribution in [2.75, 3.05) is 4.90 Å². The summed E-state index contributed by atoms with van der Waals surface area (Å²) in [5.41, 5.74) is 3.63. The van der Waals surface area contributed by atoms with Crippen LogP contribution in [0.3, 0.4) is 0 Å². The van der Waals surface area contributed by atoms with Crippen LogP contribution in [-0.2, 0) is 13.1 Å². The fourth-order valence-electron chi connectivity index (χ4n) is 2.94. The van der Waals surface area contributed by atoms with Crippen LogP contribution in [0.1, 0.15) is 11.1 Å². The van der Waals surface area contributed by atoms with Gasteiger partial charge in [0.2, 0.25) is 0 Å². The molecule has 0 fully saturated rings. The highest BCUT2D eigenvalue weighted by Crippen LogP contribution is 2.22. The summed E-state index contributed by atoms with van der Waals surface area (Å²) >= 11 is 0. The summed E-state index contributed by atoms with van der Waals surface area (Å²) in [5, 5.41) is 1.19.